The van der Waals surface area contributed by atoms with Gasteiger partial charge in [-0.25, -0.2) is 0 Å². The Morgan fingerprint density at radius 2 is 2.08 bits per heavy atom. The molecule has 68 valence electrons. The van der Waals surface area contributed by atoms with Crippen molar-refractivity contribution in [1.82, 2.24) is 0 Å². The van der Waals surface area contributed by atoms with Crippen LogP contribution in [0.1, 0.15) is 20.3 Å². The summed E-state index contributed by atoms with van der Waals surface area (Å²) in [5.74, 6) is -1.25. The van der Waals surface area contributed by atoms with Crippen LogP contribution < -0.4 is 5.11 Å². The minimum absolute atomic E-state index is 0.0648. The minimum Gasteiger partial charge on any atom is -0.545 e. The molecule has 12 heavy (non-hydrogen) atoms. The van der Waals surface area contributed by atoms with E-state index in [0.29, 0.717) is 6.42 Å². The van der Waals surface area contributed by atoms with Gasteiger partial charge in [0, 0.05) is 0 Å². The summed E-state index contributed by atoms with van der Waals surface area (Å²) in [6.07, 6.45) is 0.803. The normalized spacial score (nSPS) is 19.5. The molecule has 1 unspecified atom stereocenters. The molecule has 0 radical (unpaired) electrons. The standard InChI is InChI=1S/2C4H6O2/c1-3-2-4(5)6-3;1-3(2)4(5)6/h3H,2H2,1H3;1H2,2H3,(H,5,6)/p-1. The van der Waals surface area contributed by atoms with Crippen LogP contribution in [0, 0.1) is 0 Å². The van der Waals surface area contributed by atoms with Crippen molar-refractivity contribution in [2.45, 2.75) is 26.4 Å². The number of cyclic esters (lactones) is 1. The molecule has 1 heterocycles. The average molecular weight is 171 g/mol. The Balaban J connectivity index is 0.000000202. The van der Waals surface area contributed by atoms with Gasteiger partial charge in [-0.2, -0.15) is 0 Å². The lowest BCUT2D eigenvalue weighted by Gasteiger charge is -2.20. The Morgan fingerprint density at radius 3 is 2.08 bits per heavy atom. The zero-order valence-electron chi connectivity index (χ0n) is 7.12. The van der Waals surface area contributed by atoms with E-state index in [9.17, 15) is 14.7 Å². The minimum atomic E-state index is -1.19. The van der Waals surface area contributed by atoms with E-state index in [-0.39, 0.29) is 17.6 Å². The van der Waals surface area contributed by atoms with Gasteiger partial charge in [-0.1, -0.05) is 6.58 Å². The maximum atomic E-state index is 9.89. The number of carbonyl (C=O) groups excluding carboxylic acids is 2. The highest BCUT2D eigenvalue weighted by atomic mass is 16.6. The molecule has 4 nitrogen and oxygen atoms in total. The van der Waals surface area contributed by atoms with Gasteiger partial charge < -0.3 is 14.6 Å². The predicted molar refractivity (Wildman–Crippen MR) is 40.0 cm³/mol. The summed E-state index contributed by atoms with van der Waals surface area (Å²) in [5, 5.41) is 9.49. The van der Waals surface area contributed by atoms with Gasteiger partial charge in [-0.15, -0.1) is 0 Å². The molecule has 0 aliphatic carbocycles. The molecule has 0 aromatic carbocycles. The lowest BCUT2D eigenvalue weighted by Crippen LogP contribution is -2.29. The number of hydrogen-bond donors (Lipinski definition) is 0. The number of carboxylic acid groups (broad SMARTS) is 1. The summed E-state index contributed by atoms with van der Waals surface area (Å²) >= 11 is 0. The molecule has 0 N–H and O–H groups in total. The van der Waals surface area contributed by atoms with Gasteiger partial charge in [0.1, 0.15) is 6.10 Å². The molecule has 1 aliphatic rings. The summed E-state index contributed by atoms with van der Waals surface area (Å²) in [5.41, 5.74) is 0.0648. The molecule has 0 aromatic rings. The lowest BCUT2D eigenvalue weighted by molar-refractivity contribution is -0.299. The summed E-state index contributed by atoms with van der Waals surface area (Å²) in [7, 11) is 0. The molecule has 1 aliphatic heterocycles. The SMILES string of the molecule is C=C(C)C(=O)[O-].CC1CC(=O)O1. The molecule has 1 fully saturated rings. The number of hydrogen-bond acceptors (Lipinski definition) is 4. The van der Waals surface area contributed by atoms with Gasteiger partial charge in [0.25, 0.3) is 0 Å². The van der Waals surface area contributed by atoms with Crippen molar-refractivity contribution in [1.29, 1.82) is 0 Å². The maximum absolute atomic E-state index is 9.89. The first-order valence-corrected chi connectivity index (χ1v) is 3.49. The van der Waals surface area contributed by atoms with Crippen LogP contribution in [-0.2, 0) is 14.3 Å². The van der Waals surface area contributed by atoms with E-state index in [1.54, 1.807) is 0 Å². The molecule has 1 atom stereocenters. The maximum Gasteiger partial charge on any atom is 0.309 e. The van der Waals surface area contributed by atoms with Crippen LogP contribution >= 0.6 is 0 Å². The Morgan fingerprint density at radius 1 is 1.75 bits per heavy atom. The van der Waals surface area contributed by atoms with Crippen molar-refractivity contribution >= 4 is 11.9 Å². The summed E-state index contributed by atoms with van der Waals surface area (Å²) in [6, 6.07) is 0. The third-order valence-corrected chi connectivity index (χ3v) is 1.14. The number of aliphatic carboxylic acids is 1. The highest BCUT2D eigenvalue weighted by Gasteiger charge is 2.22. The molecule has 4 heteroatoms. The zero-order chi connectivity index (χ0) is 9.72. The summed E-state index contributed by atoms with van der Waals surface area (Å²) in [6.45, 7) is 6.35. The fourth-order valence-corrected chi connectivity index (χ4v) is 0.449. The van der Waals surface area contributed by atoms with Crippen LogP contribution in [0.3, 0.4) is 0 Å². The smallest absolute Gasteiger partial charge is 0.309 e. The van der Waals surface area contributed by atoms with Crippen molar-refractivity contribution < 1.29 is 19.4 Å². The Hall–Kier alpha value is -1.32. The first kappa shape index (κ1) is 10.7. The number of ether oxygens (including phenoxy) is 1. The van der Waals surface area contributed by atoms with Crippen molar-refractivity contribution in [2.24, 2.45) is 0 Å². The average Bonchev–Trinajstić information content (AvgIpc) is 1.86. The first-order chi connectivity index (χ1) is 5.43. The molecule has 1 saturated heterocycles. The van der Waals surface area contributed by atoms with Crippen molar-refractivity contribution in [3.05, 3.63) is 12.2 Å². The Labute approximate surface area is 70.8 Å². The van der Waals surface area contributed by atoms with Crippen LogP contribution in [-0.4, -0.2) is 18.0 Å². The molecule has 0 saturated carbocycles. The monoisotopic (exact) mass is 171 g/mol. The largest absolute Gasteiger partial charge is 0.545 e. The fourth-order valence-electron chi connectivity index (χ4n) is 0.449. The second kappa shape index (κ2) is 4.54. The molecule has 0 amide bonds. The van der Waals surface area contributed by atoms with Gasteiger partial charge in [-0.05, 0) is 19.4 Å². The number of carbonyl (C=O) groups is 2. The van der Waals surface area contributed by atoms with Crippen LogP contribution in [0.4, 0.5) is 0 Å². The summed E-state index contributed by atoms with van der Waals surface area (Å²) in [4.78, 5) is 19.4. The third kappa shape index (κ3) is 4.49. The number of carboxylic acids is 1. The van der Waals surface area contributed by atoms with Gasteiger partial charge in [0.2, 0.25) is 0 Å². The second-order valence-corrected chi connectivity index (χ2v) is 2.57. The van der Waals surface area contributed by atoms with Crippen LogP contribution in [0.25, 0.3) is 0 Å². The molecule has 0 spiro atoms. The fraction of sp³-hybridized carbons (Fsp3) is 0.500. The van der Waals surface area contributed by atoms with Crippen LogP contribution in [0.5, 0.6) is 0 Å². The Kier molecular flexibility index (Phi) is 4.04. The quantitative estimate of drug-likeness (QED) is 0.399. The molecule has 1 rings (SSSR count). The molecule has 0 bridgehead atoms. The lowest BCUT2D eigenvalue weighted by atomic mass is 10.2. The number of esters is 1. The van der Waals surface area contributed by atoms with E-state index < -0.39 is 5.97 Å². The molecular formula is C8H11O4-. The van der Waals surface area contributed by atoms with E-state index in [1.807, 2.05) is 6.92 Å². The van der Waals surface area contributed by atoms with Gasteiger partial charge in [0.05, 0.1) is 12.4 Å². The van der Waals surface area contributed by atoms with Gasteiger partial charge in [-0.3, -0.25) is 4.79 Å². The predicted octanol–water partition coefficient (Wildman–Crippen LogP) is -0.366. The highest BCUT2D eigenvalue weighted by Crippen LogP contribution is 2.10. The van der Waals surface area contributed by atoms with Crippen LogP contribution in [0.2, 0.25) is 0 Å². The topological polar surface area (TPSA) is 66.4 Å². The van der Waals surface area contributed by atoms with E-state index in [2.05, 4.69) is 11.3 Å². The highest BCUT2D eigenvalue weighted by molar-refractivity contribution is 5.82. The van der Waals surface area contributed by atoms with Crippen molar-refractivity contribution in [2.75, 3.05) is 0 Å². The molecular weight excluding hydrogens is 160 g/mol. The molecule has 0 aromatic heterocycles. The third-order valence-electron chi connectivity index (χ3n) is 1.14. The van der Waals surface area contributed by atoms with E-state index in [4.69, 9.17) is 0 Å². The zero-order valence-corrected chi connectivity index (χ0v) is 7.12. The number of rotatable bonds is 1. The van der Waals surface area contributed by atoms with Crippen LogP contribution in [0.15, 0.2) is 12.2 Å². The van der Waals surface area contributed by atoms with E-state index >= 15 is 0 Å². The first-order valence-electron chi connectivity index (χ1n) is 3.49. The van der Waals surface area contributed by atoms with Crippen molar-refractivity contribution in [3.63, 3.8) is 0 Å². The van der Waals surface area contributed by atoms with Gasteiger partial charge in [0.15, 0.2) is 0 Å². The van der Waals surface area contributed by atoms with Gasteiger partial charge >= 0.3 is 5.97 Å². The Bertz CT molecular complexity index is 187. The van der Waals surface area contributed by atoms with E-state index in [1.165, 1.54) is 6.92 Å². The second-order valence-electron chi connectivity index (χ2n) is 2.57. The van der Waals surface area contributed by atoms with Crippen molar-refractivity contribution in [3.8, 4) is 0 Å². The summed E-state index contributed by atoms with van der Waals surface area (Å²) < 4.78 is 4.50. The van der Waals surface area contributed by atoms with E-state index in [0.717, 1.165) is 0 Å².